The number of amides is 1. The summed E-state index contributed by atoms with van der Waals surface area (Å²) in [4.78, 5) is 16.1. The molecule has 1 aromatic carbocycles. The maximum Gasteiger partial charge on any atom is 0.254 e. The average molecular weight is 291 g/mol. The normalized spacial score (nSPS) is 14.2. The summed E-state index contributed by atoms with van der Waals surface area (Å²) < 4.78 is 28.3. The van der Waals surface area contributed by atoms with Crippen LogP contribution in [0.2, 0.25) is 0 Å². The fourth-order valence-corrected chi connectivity index (χ4v) is 2.27. The number of nitrogens with one attached hydrogen (secondary N) is 1. The van der Waals surface area contributed by atoms with Gasteiger partial charge in [0.15, 0.2) is 0 Å². The Bertz CT molecular complexity index is 665. The summed E-state index contributed by atoms with van der Waals surface area (Å²) in [7, 11) is 0. The van der Waals surface area contributed by atoms with Gasteiger partial charge in [-0.1, -0.05) is 0 Å². The Hall–Kier alpha value is -2.24. The van der Waals surface area contributed by atoms with E-state index in [2.05, 4.69) is 10.3 Å². The fraction of sp³-hybridized carbons (Fsp3) is 0.333. The first-order valence-corrected chi connectivity index (χ1v) is 6.89. The van der Waals surface area contributed by atoms with Crippen LogP contribution in [0.1, 0.15) is 34.9 Å². The van der Waals surface area contributed by atoms with E-state index < -0.39 is 17.5 Å². The van der Waals surface area contributed by atoms with Crippen molar-refractivity contribution in [1.82, 2.24) is 14.9 Å². The largest absolute Gasteiger partial charge is 0.350 e. The number of nitrogens with zero attached hydrogens (tertiary/aromatic N) is 2. The number of rotatable bonds is 5. The van der Waals surface area contributed by atoms with Crippen molar-refractivity contribution < 1.29 is 13.6 Å². The highest BCUT2D eigenvalue weighted by molar-refractivity contribution is 5.94. The lowest BCUT2D eigenvalue weighted by Crippen LogP contribution is -2.28. The predicted octanol–water partition coefficient (Wildman–Crippen LogP) is 2.47. The molecule has 1 aromatic heterocycles. The van der Waals surface area contributed by atoms with Crippen LogP contribution in [-0.2, 0) is 6.54 Å². The Morgan fingerprint density at radius 1 is 1.38 bits per heavy atom. The van der Waals surface area contributed by atoms with E-state index in [0.29, 0.717) is 25.1 Å². The van der Waals surface area contributed by atoms with E-state index in [4.69, 9.17) is 0 Å². The van der Waals surface area contributed by atoms with Crippen molar-refractivity contribution in [3.8, 4) is 0 Å². The van der Waals surface area contributed by atoms with Crippen molar-refractivity contribution in [2.24, 2.45) is 0 Å². The molecule has 1 saturated carbocycles. The topological polar surface area (TPSA) is 46.9 Å². The van der Waals surface area contributed by atoms with E-state index >= 15 is 0 Å². The Labute approximate surface area is 120 Å². The number of aromatic nitrogens is 2. The molecule has 0 atom stereocenters. The molecule has 1 aliphatic carbocycles. The second kappa shape index (κ2) is 5.63. The Kier molecular flexibility index (Phi) is 3.68. The van der Waals surface area contributed by atoms with Gasteiger partial charge in [-0.05, 0) is 25.0 Å². The molecule has 1 amide bonds. The number of imidazole rings is 1. The number of carbonyl (C=O) groups excluding carboxylic acids is 1. The molecular weight excluding hydrogens is 276 g/mol. The van der Waals surface area contributed by atoms with Gasteiger partial charge in [-0.25, -0.2) is 13.8 Å². The van der Waals surface area contributed by atoms with E-state index in [9.17, 15) is 13.6 Å². The van der Waals surface area contributed by atoms with E-state index in [-0.39, 0.29) is 5.56 Å². The molecule has 0 bridgehead atoms. The molecule has 110 valence electrons. The number of halogens is 2. The quantitative estimate of drug-likeness (QED) is 0.920. The zero-order valence-corrected chi connectivity index (χ0v) is 11.4. The molecule has 6 heteroatoms. The Balaban J connectivity index is 1.57. The van der Waals surface area contributed by atoms with Crippen molar-refractivity contribution in [3.05, 3.63) is 53.6 Å². The Morgan fingerprint density at radius 3 is 2.90 bits per heavy atom. The average Bonchev–Trinajstić information content (AvgIpc) is 3.18. The van der Waals surface area contributed by atoms with Crippen LogP contribution in [0.25, 0.3) is 0 Å². The highest BCUT2D eigenvalue weighted by Crippen LogP contribution is 2.38. The molecule has 4 nitrogen and oxygen atoms in total. The van der Waals surface area contributed by atoms with E-state index in [0.717, 1.165) is 30.8 Å². The van der Waals surface area contributed by atoms with Crippen LogP contribution in [0.15, 0.2) is 30.6 Å². The molecule has 0 radical (unpaired) electrons. The number of benzene rings is 1. The molecule has 0 saturated heterocycles. The van der Waals surface area contributed by atoms with Gasteiger partial charge >= 0.3 is 0 Å². The molecule has 1 heterocycles. The lowest BCUT2D eigenvalue weighted by atomic mass is 10.2. The third-order valence-electron chi connectivity index (χ3n) is 3.50. The summed E-state index contributed by atoms with van der Waals surface area (Å²) in [6, 6.07) is 2.92. The lowest BCUT2D eigenvalue weighted by Gasteiger charge is -2.09. The zero-order valence-electron chi connectivity index (χ0n) is 11.4. The Morgan fingerprint density at radius 2 is 2.19 bits per heavy atom. The van der Waals surface area contributed by atoms with E-state index in [1.54, 1.807) is 6.20 Å². The molecular formula is C15H15F2N3O. The minimum absolute atomic E-state index is 0.149. The van der Waals surface area contributed by atoms with Gasteiger partial charge in [0.25, 0.3) is 5.91 Å². The van der Waals surface area contributed by atoms with Gasteiger partial charge in [0, 0.05) is 37.5 Å². The van der Waals surface area contributed by atoms with Crippen LogP contribution >= 0.6 is 0 Å². The SMILES string of the molecule is O=C(NCCn1ccnc1C1CC1)c1ccc(F)cc1F. The first-order chi connectivity index (χ1) is 10.1. The van der Waals surface area contributed by atoms with Crippen LogP contribution in [0, 0.1) is 11.6 Å². The molecule has 0 spiro atoms. The summed E-state index contributed by atoms with van der Waals surface area (Å²) >= 11 is 0. The van der Waals surface area contributed by atoms with Crippen molar-refractivity contribution in [2.45, 2.75) is 25.3 Å². The summed E-state index contributed by atoms with van der Waals surface area (Å²) in [6.07, 6.45) is 5.93. The van der Waals surface area contributed by atoms with Gasteiger partial charge in [0.05, 0.1) is 5.56 Å². The first-order valence-electron chi connectivity index (χ1n) is 6.89. The van der Waals surface area contributed by atoms with Crippen LogP contribution < -0.4 is 5.32 Å². The van der Waals surface area contributed by atoms with Gasteiger partial charge in [0.1, 0.15) is 17.5 Å². The summed E-state index contributed by atoms with van der Waals surface area (Å²) in [5, 5.41) is 2.63. The fourth-order valence-electron chi connectivity index (χ4n) is 2.27. The molecule has 21 heavy (non-hydrogen) atoms. The highest BCUT2D eigenvalue weighted by atomic mass is 19.1. The molecule has 1 N–H and O–H groups in total. The second-order valence-electron chi connectivity index (χ2n) is 5.13. The molecule has 0 aliphatic heterocycles. The number of hydrogen-bond donors (Lipinski definition) is 1. The van der Waals surface area contributed by atoms with Gasteiger partial charge in [-0.2, -0.15) is 0 Å². The second-order valence-corrected chi connectivity index (χ2v) is 5.13. The van der Waals surface area contributed by atoms with Gasteiger partial charge in [-0.15, -0.1) is 0 Å². The maximum atomic E-state index is 13.5. The van der Waals surface area contributed by atoms with Gasteiger partial charge in [-0.3, -0.25) is 4.79 Å². The van der Waals surface area contributed by atoms with Crippen molar-refractivity contribution in [2.75, 3.05) is 6.54 Å². The monoisotopic (exact) mass is 291 g/mol. The number of hydrogen-bond acceptors (Lipinski definition) is 2. The molecule has 0 unspecified atom stereocenters. The minimum Gasteiger partial charge on any atom is -0.350 e. The lowest BCUT2D eigenvalue weighted by molar-refractivity contribution is 0.0948. The van der Waals surface area contributed by atoms with Crippen molar-refractivity contribution in [3.63, 3.8) is 0 Å². The van der Waals surface area contributed by atoms with Gasteiger partial charge in [0.2, 0.25) is 0 Å². The van der Waals surface area contributed by atoms with Crippen LogP contribution in [0.3, 0.4) is 0 Å². The first kappa shape index (κ1) is 13.7. The van der Waals surface area contributed by atoms with Crippen LogP contribution in [0.5, 0.6) is 0 Å². The van der Waals surface area contributed by atoms with Crippen LogP contribution in [0.4, 0.5) is 8.78 Å². The third kappa shape index (κ3) is 3.09. The van der Waals surface area contributed by atoms with Gasteiger partial charge < -0.3 is 9.88 Å². The summed E-state index contributed by atoms with van der Waals surface area (Å²) in [6.45, 7) is 0.951. The molecule has 1 fully saturated rings. The van der Waals surface area contributed by atoms with Crippen molar-refractivity contribution in [1.29, 1.82) is 0 Å². The summed E-state index contributed by atoms with van der Waals surface area (Å²) in [5.41, 5.74) is -0.149. The minimum atomic E-state index is -0.853. The standard InChI is InChI=1S/C15H15F2N3O/c16-11-3-4-12(13(17)9-11)15(21)19-6-8-20-7-5-18-14(20)10-1-2-10/h3-5,7,9-10H,1-2,6,8H2,(H,19,21). The summed E-state index contributed by atoms with van der Waals surface area (Å²) in [5.74, 6) is -0.520. The molecule has 3 rings (SSSR count). The molecule has 1 aliphatic rings. The smallest absolute Gasteiger partial charge is 0.254 e. The van der Waals surface area contributed by atoms with E-state index in [1.165, 1.54) is 0 Å². The predicted molar refractivity (Wildman–Crippen MR) is 72.9 cm³/mol. The maximum absolute atomic E-state index is 13.5. The van der Waals surface area contributed by atoms with Crippen molar-refractivity contribution >= 4 is 5.91 Å². The highest BCUT2D eigenvalue weighted by Gasteiger charge is 2.27. The third-order valence-corrected chi connectivity index (χ3v) is 3.50. The van der Waals surface area contributed by atoms with Crippen LogP contribution in [-0.4, -0.2) is 22.0 Å². The van der Waals surface area contributed by atoms with E-state index in [1.807, 2.05) is 10.8 Å². The zero-order chi connectivity index (χ0) is 14.8. The molecule has 2 aromatic rings. The number of carbonyl (C=O) groups is 1.